The number of fused-ring (bicyclic) bond motifs is 1. The molecular formula is C25H25FN4O4. The van der Waals surface area contributed by atoms with Gasteiger partial charge >= 0.3 is 0 Å². The Hall–Kier alpha value is -4.01. The molecule has 3 aromatic rings. The van der Waals surface area contributed by atoms with Gasteiger partial charge in [-0.3, -0.25) is 19.7 Å². The number of hydrogen-bond donors (Lipinski definition) is 0. The summed E-state index contributed by atoms with van der Waals surface area (Å²) >= 11 is 0. The number of halogens is 1. The van der Waals surface area contributed by atoms with Crippen LogP contribution in [0.4, 0.5) is 10.1 Å². The Balaban J connectivity index is 1.60. The van der Waals surface area contributed by atoms with Crippen LogP contribution in [-0.4, -0.2) is 50.7 Å². The summed E-state index contributed by atoms with van der Waals surface area (Å²) in [4.78, 5) is 40.1. The molecule has 0 radical (unpaired) electrons. The first-order valence-electron chi connectivity index (χ1n) is 11.1. The van der Waals surface area contributed by atoms with Gasteiger partial charge in [0.15, 0.2) is 0 Å². The lowest BCUT2D eigenvalue weighted by Crippen LogP contribution is -2.48. The molecular weight excluding hydrogens is 439 g/mol. The molecule has 0 spiro atoms. The molecule has 8 nitrogen and oxygen atoms in total. The molecule has 0 bridgehead atoms. The van der Waals surface area contributed by atoms with Crippen molar-refractivity contribution in [3.8, 4) is 0 Å². The van der Waals surface area contributed by atoms with E-state index >= 15 is 0 Å². The number of nitro benzene ring substituents is 1. The summed E-state index contributed by atoms with van der Waals surface area (Å²) in [7, 11) is 0. The van der Waals surface area contributed by atoms with Crippen LogP contribution in [0.2, 0.25) is 0 Å². The number of carbonyl (C=O) groups excluding carboxylic acids is 2. The summed E-state index contributed by atoms with van der Waals surface area (Å²) in [6.45, 7) is 3.02. The highest BCUT2D eigenvalue weighted by Gasteiger charge is 2.34. The fourth-order valence-corrected chi connectivity index (χ4v) is 4.36. The second-order valence-electron chi connectivity index (χ2n) is 8.17. The third-order valence-corrected chi connectivity index (χ3v) is 5.99. The number of amides is 2. The summed E-state index contributed by atoms with van der Waals surface area (Å²) in [5.74, 6) is -1.07. The van der Waals surface area contributed by atoms with Crippen LogP contribution in [-0.2, 0) is 11.3 Å². The van der Waals surface area contributed by atoms with E-state index < -0.39 is 16.8 Å². The van der Waals surface area contributed by atoms with Crippen molar-refractivity contribution < 1.29 is 18.9 Å². The van der Waals surface area contributed by atoms with E-state index in [9.17, 15) is 24.1 Å². The van der Waals surface area contributed by atoms with E-state index in [-0.39, 0.29) is 29.6 Å². The highest BCUT2D eigenvalue weighted by Crippen LogP contribution is 2.34. The summed E-state index contributed by atoms with van der Waals surface area (Å²) in [5.41, 5.74) is 1.37. The zero-order chi connectivity index (χ0) is 24.2. The van der Waals surface area contributed by atoms with E-state index in [0.29, 0.717) is 31.6 Å². The van der Waals surface area contributed by atoms with Crippen LogP contribution in [0.1, 0.15) is 41.0 Å². The van der Waals surface area contributed by atoms with E-state index in [1.54, 1.807) is 23.1 Å². The van der Waals surface area contributed by atoms with Gasteiger partial charge < -0.3 is 14.4 Å². The summed E-state index contributed by atoms with van der Waals surface area (Å²) in [6.07, 6.45) is 2.54. The molecule has 1 aromatic heterocycles. The molecule has 1 unspecified atom stereocenters. The molecule has 4 rings (SSSR count). The molecule has 0 saturated carbocycles. The molecule has 0 N–H and O–H groups in total. The molecule has 1 atom stereocenters. The second-order valence-corrected chi connectivity index (χ2v) is 8.17. The lowest BCUT2D eigenvalue weighted by molar-refractivity contribution is -0.384. The van der Waals surface area contributed by atoms with Crippen molar-refractivity contribution in [3.05, 3.63) is 99.6 Å². The number of nitrogens with zero attached hydrogens (tertiary/aromatic N) is 4. The van der Waals surface area contributed by atoms with Gasteiger partial charge in [0.1, 0.15) is 18.4 Å². The molecule has 2 aromatic carbocycles. The standard InChI is InChI=1S/C25H25FN4O4/c1-2-13-28(25(32)18-9-11-19(12-10-18)30(33)34)17-23(31)29-16-15-27-14-5-8-22(27)24(29)20-6-3-4-7-21(20)26/h3-12,14,24H,2,13,15-17H2,1H3. The normalized spacial score (nSPS) is 15.0. The zero-order valence-corrected chi connectivity index (χ0v) is 18.8. The van der Waals surface area contributed by atoms with Crippen LogP contribution in [0.25, 0.3) is 0 Å². The number of nitro groups is 1. The maximum Gasteiger partial charge on any atom is 0.269 e. The maximum absolute atomic E-state index is 14.8. The molecule has 2 heterocycles. The van der Waals surface area contributed by atoms with Gasteiger partial charge in [-0.25, -0.2) is 4.39 Å². The van der Waals surface area contributed by atoms with E-state index in [1.807, 2.05) is 29.8 Å². The Labute approximate surface area is 196 Å². The van der Waals surface area contributed by atoms with E-state index in [0.717, 1.165) is 5.69 Å². The lowest BCUT2D eigenvalue weighted by Gasteiger charge is -2.38. The number of hydrogen-bond acceptors (Lipinski definition) is 4. The minimum atomic E-state index is -0.601. The number of rotatable bonds is 7. The van der Waals surface area contributed by atoms with Crippen LogP contribution >= 0.6 is 0 Å². The summed E-state index contributed by atoms with van der Waals surface area (Å²) in [5, 5.41) is 10.9. The second kappa shape index (κ2) is 9.86. The molecule has 2 amide bonds. The monoisotopic (exact) mass is 464 g/mol. The van der Waals surface area contributed by atoms with Crippen LogP contribution in [0, 0.1) is 15.9 Å². The van der Waals surface area contributed by atoms with Crippen molar-refractivity contribution in [2.45, 2.75) is 25.9 Å². The number of aromatic nitrogens is 1. The number of benzene rings is 2. The van der Waals surface area contributed by atoms with Gasteiger partial charge in [-0.05, 0) is 36.8 Å². The Kier molecular flexibility index (Phi) is 6.72. The molecule has 0 aliphatic carbocycles. The summed E-state index contributed by atoms with van der Waals surface area (Å²) < 4.78 is 16.8. The minimum Gasteiger partial charge on any atom is -0.348 e. The predicted molar refractivity (Wildman–Crippen MR) is 124 cm³/mol. The largest absolute Gasteiger partial charge is 0.348 e. The van der Waals surface area contributed by atoms with Crippen molar-refractivity contribution in [1.29, 1.82) is 0 Å². The van der Waals surface area contributed by atoms with E-state index in [2.05, 4.69) is 0 Å². The van der Waals surface area contributed by atoms with Gasteiger partial charge in [0.2, 0.25) is 5.91 Å². The first kappa shape index (κ1) is 23.2. The van der Waals surface area contributed by atoms with Gasteiger partial charge in [0.05, 0.1) is 4.92 Å². The van der Waals surface area contributed by atoms with Crippen LogP contribution in [0.5, 0.6) is 0 Å². The molecule has 1 aliphatic rings. The smallest absolute Gasteiger partial charge is 0.269 e. The van der Waals surface area contributed by atoms with Gasteiger partial charge in [-0.1, -0.05) is 25.1 Å². The van der Waals surface area contributed by atoms with Crippen molar-refractivity contribution >= 4 is 17.5 Å². The van der Waals surface area contributed by atoms with E-state index in [4.69, 9.17) is 0 Å². The van der Waals surface area contributed by atoms with Gasteiger partial charge in [-0.15, -0.1) is 0 Å². The third-order valence-electron chi connectivity index (χ3n) is 5.99. The Morgan fingerprint density at radius 2 is 1.82 bits per heavy atom. The van der Waals surface area contributed by atoms with E-state index in [1.165, 1.54) is 35.2 Å². The topological polar surface area (TPSA) is 88.7 Å². The Morgan fingerprint density at radius 1 is 1.09 bits per heavy atom. The molecule has 9 heteroatoms. The van der Waals surface area contributed by atoms with Crippen molar-refractivity contribution in [2.24, 2.45) is 0 Å². The molecule has 1 aliphatic heterocycles. The number of non-ortho nitro benzene ring substituents is 1. The molecule has 0 saturated heterocycles. The fraction of sp³-hybridized carbons (Fsp3) is 0.280. The van der Waals surface area contributed by atoms with Crippen LogP contribution in [0.3, 0.4) is 0 Å². The van der Waals surface area contributed by atoms with Crippen LogP contribution < -0.4 is 0 Å². The SMILES string of the molecule is CCCN(CC(=O)N1CCn2cccc2C1c1ccccc1F)C(=O)c1ccc([N+](=O)[O-])cc1. The zero-order valence-electron chi connectivity index (χ0n) is 18.8. The third kappa shape index (κ3) is 4.54. The average Bonchev–Trinajstić information content (AvgIpc) is 3.32. The maximum atomic E-state index is 14.8. The first-order chi connectivity index (χ1) is 16.4. The van der Waals surface area contributed by atoms with Gasteiger partial charge in [0.25, 0.3) is 11.6 Å². The molecule has 34 heavy (non-hydrogen) atoms. The molecule has 176 valence electrons. The summed E-state index contributed by atoms with van der Waals surface area (Å²) in [6, 6.07) is 14.9. The predicted octanol–water partition coefficient (Wildman–Crippen LogP) is 4.02. The van der Waals surface area contributed by atoms with Crippen molar-refractivity contribution in [2.75, 3.05) is 19.6 Å². The number of carbonyl (C=O) groups is 2. The Bertz CT molecular complexity index is 1210. The minimum absolute atomic E-state index is 0.112. The lowest BCUT2D eigenvalue weighted by atomic mass is 9.99. The first-order valence-corrected chi connectivity index (χ1v) is 11.1. The van der Waals surface area contributed by atoms with Crippen molar-refractivity contribution in [3.63, 3.8) is 0 Å². The van der Waals surface area contributed by atoms with Crippen molar-refractivity contribution in [1.82, 2.24) is 14.4 Å². The highest BCUT2D eigenvalue weighted by atomic mass is 19.1. The molecule has 0 fully saturated rings. The highest BCUT2D eigenvalue weighted by molar-refractivity contribution is 5.96. The van der Waals surface area contributed by atoms with Gasteiger partial charge in [-0.2, -0.15) is 0 Å². The average molecular weight is 464 g/mol. The van der Waals surface area contributed by atoms with Gasteiger partial charge in [0, 0.05) is 54.8 Å². The van der Waals surface area contributed by atoms with Crippen LogP contribution in [0.15, 0.2) is 66.9 Å². The Morgan fingerprint density at radius 3 is 2.50 bits per heavy atom. The fourth-order valence-electron chi connectivity index (χ4n) is 4.36. The quantitative estimate of drug-likeness (QED) is 0.390.